The number of methoxy groups -OCH3 is 1. The molecule has 4 nitrogen and oxygen atoms in total. The summed E-state index contributed by atoms with van der Waals surface area (Å²) in [5.74, 6) is 1.46. The second-order valence-electron chi connectivity index (χ2n) is 7.02. The first-order valence-corrected chi connectivity index (χ1v) is 8.64. The average Bonchev–Trinajstić information content (AvgIpc) is 2.59. The summed E-state index contributed by atoms with van der Waals surface area (Å²) in [5.41, 5.74) is 1.19. The normalized spacial score (nSPS) is 18.8. The highest BCUT2D eigenvalue weighted by Gasteiger charge is 2.32. The molecule has 1 heterocycles. The number of hydrogen-bond acceptors (Lipinski definition) is 4. The maximum Gasteiger partial charge on any atom is 0.122 e. The third kappa shape index (κ3) is 4.93. The van der Waals surface area contributed by atoms with Gasteiger partial charge in [-0.05, 0) is 36.8 Å². The van der Waals surface area contributed by atoms with Crippen LogP contribution in [0.25, 0.3) is 0 Å². The van der Waals surface area contributed by atoms with Crippen LogP contribution in [-0.4, -0.2) is 44.6 Å². The highest BCUT2D eigenvalue weighted by molar-refractivity contribution is 5.33. The Morgan fingerprint density at radius 1 is 1.26 bits per heavy atom. The predicted octanol–water partition coefficient (Wildman–Crippen LogP) is 2.64. The molecule has 4 heteroatoms. The van der Waals surface area contributed by atoms with Gasteiger partial charge >= 0.3 is 0 Å². The molecular formula is C19H31NO3. The van der Waals surface area contributed by atoms with E-state index in [9.17, 15) is 5.11 Å². The number of aliphatic hydroxyl groups excluding tert-OH is 1. The van der Waals surface area contributed by atoms with Crippen LogP contribution in [0.2, 0.25) is 0 Å². The molecular weight excluding hydrogens is 290 g/mol. The summed E-state index contributed by atoms with van der Waals surface area (Å²) < 4.78 is 10.9. The van der Waals surface area contributed by atoms with Crippen molar-refractivity contribution in [2.24, 2.45) is 11.3 Å². The largest absolute Gasteiger partial charge is 0.496 e. The number of ether oxygens (including phenoxy) is 2. The van der Waals surface area contributed by atoms with E-state index < -0.39 is 0 Å². The van der Waals surface area contributed by atoms with E-state index in [1.807, 2.05) is 12.1 Å². The van der Waals surface area contributed by atoms with E-state index in [4.69, 9.17) is 9.47 Å². The van der Waals surface area contributed by atoms with Crippen molar-refractivity contribution >= 4 is 0 Å². The van der Waals surface area contributed by atoms with Gasteiger partial charge in [-0.2, -0.15) is 0 Å². The number of aliphatic hydroxyl groups is 1. The summed E-state index contributed by atoms with van der Waals surface area (Å²) in [7, 11) is 1.72. The van der Waals surface area contributed by atoms with Crippen LogP contribution in [0.15, 0.2) is 24.3 Å². The molecule has 1 aliphatic heterocycles. The smallest absolute Gasteiger partial charge is 0.122 e. The van der Waals surface area contributed by atoms with E-state index in [-0.39, 0.29) is 12.0 Å². The monoisotopic (exact) mass is 321 g/mol. The molecule has 0 spiro atoms. The lowest BCUT2D eigenvalue weighted by Gasteiger charge is -2.37. The van der Waals surface area contributed by atoms with Crippen LogP contribution in [0, 0.1) is 11.3 Å². The van der Waals surface area contributed by atoms with E-state index in [1.165, 1.54) is 5.56 Å². The van der Waals surface area contributed by atoms with Crippen molar-refractivity contribution in [2.45, 2.75) is 39.2 Å². The Labute approximate surface area is 140 Å². The number of rotatable bonds is 8. The van der Waals surface area contributed by atoms with Gasteiger partial charge in [0.15, 0.2) is 0 Å². The van der Waals surface area contributed by atoms with Crippen LogP contribution < -0.4 is 10.1 Å². The first-order valence-electron chi connectivity index (χ1n) is 8.64. The van der Waals surface area contributed by atoms with Crippen molar-refractivity contribution in [1.82, 2.24) is 5.32 Å². The Kier molecular flexibility index (Phi) is 6.88. The predicted molar refractivity (Wildman–Crippen MR) is 92.9 cm³/mol. The molecule has 130 valence electrons. The summed E-state index contributed by atoms with van der Waals surface area (Å²) in [6, 6.07) is 8.57. The van der Waals surface area contributed by atoms with Gasteiger partial charge in [0.2, 0.25) is 0 Å². The molecule has 0 amide bonds. The molecule has 1 aromatic rings. The number of nitrogens with one attached hydrogen (secondary N) is 1. The standard InChI is InChI=1S/C19H31NO3/c1-15(2)17(12-16-6-4-5-7-18(16)22-3)20-13-19(14-21)8-10-23-11-9-19/h4-7,15,17,20-21H,8-14H2,1-3H3. The average molecular weight is 321 g/mol. The fourth-order valence-corrected chi connectivity index (χ4v) is 3.19. The summed E-state index contributed by atoms with van der Waals surface area (Å²) in [5, 5.41) is 13.6. The second-order valence-corrected chi connectivity index (χ2v) is 7.02. The third-order valence-electron chi connectivity index (χ3n) is 5.07. The summed E-state index contributed by atoms with van der Waals surface area (Å²) in [6.07, 6.45) is 2.78. The number of para-hydroxylation sites is 1. The van der Waals surface area contributed by atoms with Gasteiger partial charge in [-0.3, -0.25) is 0 Å². The van der Waals surface area contributed by atoms with Crippen LogP contribution in [0.1, 0.15) is 32.3 Å². The van der Waals surface area contributed by atoms with Gasteiger partial charge in [-0.25, -0.2) is 0 Å². The van der Waals surface area contributed by atoms with E-state index in [0.29, 0.717) is 12.0 Å². The van der Waals surface area contributed by atoms with Crippen LogP contribution in [0.4, 0.5) is 0 Å². The van der Waals surface area contributed by atoms with Crippen LogP contribution in [0.5, 0.6) is 5.75 Å². The first kappa shape index (κ1) is 18.2. The second kappa shape index (κ2) is 8.67. The van der Waals surface area contributed by atoms with E-state index >= 15 is 0 Å². The topological polar surface area (TPSA) is 50.7 Å². The molecule has 0 aliphatic carbocycles. The van der Waals surface area contributed by atoms with Gasteiger partial charge < -0.3 is 19.9 Å². The maximum atomic E-state index is 9.85. The SMILES string of the molecule is COc1ccccc1CC(NCC1(CO)CCOCC1)C(C)C. The lowest BCUT2D eigenvalue weighted by atomic mass is 9.80. The van der Waals surface area contributed by atoms with Gasteiger partial charge in [0.1, 0.15) is 5.75 Å². The van der Waals surface area contributed by atoms with Crippen LogP contribution in [0.3, 0.4) is 0 Å². The molecule has 1 aliphatic rings. The molecule has 1 aromatic carbocycles. The molecule has 1 atom stereocenters. The summed E-state index contributed by atoms with van der Waals surface area (Å²) >= 11 is 0. The molecule has 2 N–H and O–H groups in total. The quantitative estimate of drug-likeness (QED) is 0.773. The Bertz CT molecular complexity index is 469. The number of hydrogen-bond donors (Lipinski definition) is 2. The van der Waals surface area contributed by atoms with Crippen molar-refractivity contribution in [3.05, 3.63) is 29.8 Å². The lowest BCUT2D eigenvalue weighted by Crippen LogP contribution is -2.47. The Hall–Kier alpha value is -1.10. The minimum Gasteiger partial charge on any atom is -0.496 e. The fraction of sp³-hybridized carbons (Fsp3) is 0.684. The molecule has 23 heavy (non-hydrogen) atoms. The fourth-order valence-electron chi connectivity index (χ4n) is 3.19. The molecule has 0 bridgehead atoms. The summed E-state index contributed by atoms with van der Waals surface area (Å²) in [6.45, 7) is 7.04. The van der Waals surface area contributed by atoms with Gasteiger partial charge in [0, 0.05) is 31.2 Å². The molecule has 1 unspecified atom stereocenters. The Morgan fingerprint density at radius 3 is 2.57 bits per heavy atom. The molecule has 1 saturated heterocycles. The van der Waals surface area contributed by atoms with Gasteiger partial charge in [0.25, 0.3) is 0 Å². The highest BCUT2D eigenvalue weighted by atomic mass is 16.5. The molecule has 1 fully saturated rings. The van der Waals surface area contributed by atoms with E-state index in [1.54, 1.807) is 7.11 Å². The van der Waals surface area contributed by atoms with Gasteiger partial charge in [-0.15, -0.1) is 0 Å². The van der Waals surface area contributed by atoms with Crippen LogP contribution >= 0.6 is 0 Å². The van der Waals surface area contributed by atoms with Crippen molar-refractivity contribution in [3.63, 3.8) is 0 Å². The zero-order valence-electron chi connectivity index (χ0n) is 14.7. The van der Waals surface area contributed by atoms with Gasteiger partial charge in [-0.1, -0.05) is 32.0 Å². The Morgan fingerprint density at radius 2 is 1.96 bits per heavy atom. The van der Waals surface area contributed by atoms with Crippen LogP contribution in [-0.2, 0) is 11.2 Å². The van der Waals surface area contributed by atoms with Crippen molar-refractivity contribution in [3.8, 4) is 5.75 Å². The lowest BCUT2D eigenvalue weighted by molar-refractivity contribution is -0.0171. The Balaban J connectivity index is 2.01. The van der Waals surface area contributed by atoms with Gasteiger partial charge in [0.05, 0.1) is 13.7 Å². The van der Waals surface area contributed by atoms with Crippen molar-refractivity contribution in [1.29, 1.82) is 0 Å². The molecule has 2 rings (SSSR count). The minimum atomic E-state index is -0.0356. The third-order valence-corrected chi connectivity index (χ3v) is 5.07. The minimum absolute atomic E-state index is 0.0356. The maximum absolute atomic E-state index is 9.85. The summed E-state index contributed by atoms with van der Waals surface area (Å²) in [4.78, 5) is 0. The van der Waals surface area contributed by atoms with E-state index in [0.717, 1.165) is 44.8 Å². The molecule has 0 saturated carbocycles. The zero-order valence-corrected chi connectivity index (χ0v) is 14.7. The highest BCUT2D eigenvalue weighted by Crippen LogP contribution is 2.30. The zero-order chi connectivity index (χ0) is 16.7. The molecule has 0 aromatic heterocycles. The number of benzene rings is 1. The first-order chi connectivity index (χ1) is 11.1. The molecule has 0 radical (unpaired) electrons. The van der Waals surface area contributed by atoms with Crippen molar-refractivity contribution in [2.75, 3.05) is 33.5 Å². The van der Waals surface area contributed by atoms with E-state index in [2.05, 4.69) is 31.3 Å². The van der Waals surface area contributed by atoms with Crippen molar-refractivity contribution < 1.29 is 14.6 Å².